The molecule has 10 heteroatoms. The number of thioether (sulfide) groups is 1. The van der Waals surface area contributed by atoms with Crippen LogP contribution in [0, 0.1) is 0 Å². The number of esters is 1. The Bertz CT molecular complexity index is 2700. The molecular formula is C52H43NO7S2. The molecular weight excluding hydrogens is 815 g/mol. The molecule has 0 aliphatic carbocycles. The molecule has 0 saturated carbocycles. The topological polar surface area (TPSA) is 85.3 Å². The third-order valence-electron chi connectivity index (χ3n) is 10.3. The van der Waals surface area contributed by atoms with Crippen molar-refractivity contribution in [3.63, 3.8) is 0 Å². The average Bonchev–Trinajstić information content (AvgIpc) is 3.73. The van der Waals surface area contributed by atoms with E-state index in [4.69, 9.17) is 33.4 Å². The van der Waals surface area contributed by atoms with Crippen LogP contribution in [0.3, 0.4) is 0 Å². The molecule has 3 atom stereocenters. The number of fused-ring (bicyclic) bond motifs is 2. The summed E-state index contributed by atoms with van der Waals surface area (Å²) in [6.45, 7) is 2.72. The molecule has 8 nitrogen and oxygen atoms in total. The van der Waals surface area contributed by atoms with Gasteiger partial charge in [-0.15, -0.1) is 11.3 Å². The fourth-order valence-electron chi connectivity index (χ4n) is 7.27. The SMILES string of the molecule is CC(=O)O[C@H]1C(Sc2nc3ccccc3s2)c2c(OCc3ccccc3)cc(OCc3ccccc3)cc2O[C@@H]1c1ccc(OCc2ccccc2)c(OCc2ccccc2)c1. The van der Waals surface area contributed by atoms with Crippen molar-refractivity contribution in [2.24, 2.45) is 0 Å². The molecule has 8 aromatic rings. The quantitative estimate of drug-likeness (QED) is 0.0882. The highest BCUT2D eigenvalue weighted by Crippen LogP contribution is 2.56. The standard InChI is InChI=1S/C52H43NO7S2/c1-35(54)59-50-49(40-26-27-43(56-32-37-18-8-3-9-19-37)44(28-40)57-33-38-20-10-4-11-21-38)60-46-30-41(55-31-36-16-6-2-7-17-36)29-45(58-34-39-22-12-5-13-23-39)48(46)51(50)62-52-53-42-24-14-15-25-47(42)61-52/h2-30,49-51H,31-34H2,1H3/t49-,50-,51?/m1/s1. The summed E-state index contributed by atoms with van der Waals surface area (Å²) in [5.74, 6) is 2.32. The lowest BCUT2D eigenvalue weighted by Gasteiger charge is -2.39. The van der Waals surface area contributed by atoms with Crippen LogP contribution in [-0.4, -0.2) is 17.1 Å². The van der Waals surface area contributed by atoms with Gasteiger partial charge in [-0.05, 0) is 46.5 Å². The summed E-state index contributed by atoms with van der Waals surface area (Å²) in [6.07, 6.45) is -1.61. The molecule has 0 fully saturated rings. The predicted octanol–water partition coefficient (Wildman–Crippen LogP) is 12.5. The third kappa shape index (κ3) is 9.89. The van der Waals surface area contributed by atoms with Gasteiger partial charge >= 0.3 is 5.97 Å². The van der Waals surface area contributed by atoms with Gasteiger partial charge in [0.25, 0.3) is 0 Å². The van der Waals surface area contributed by atoms with Crippen LogP contribution < -0.4 is 23.7 Å². The Labute approximate surface area is 369 Å². The van der Waals surface area contributed by atoms with Crippen molar-refractivity contribution in [3.05, 3.63) is 209 Å². The van der Waals surface area contributed by atoms with Gasteiger partial charge in [0.2, 0.25) is 0 Å². The number of rotatable bonds is 16. The van der Waals surface area contributed by atoms with E-state index in [-0.39, 0.29) is 0 Å². The van der Waals surface area contributed by atoms with Gasteiger partial charge in [-0.2, -0.15) is 0 Å². The summed E-state index contributed by atoms with van der Waals surface area (Å²) in [6, 6.07) is 57.6. The van der Waals surface area contributed by atoms with Crippen LogP contribution in [-0.2, 0) is 36.0 Å². The summed E-state index contributed by atoms with van der Waals surface area (Å²) < 4.78 is 41.4. The van der Waals surface area contributed by atoms with E-state index in [0.29, 0.717) is 55.2 Å². The molecule has 0 radical (unpaired) electrons. The largest absolute Gasteiger partial charge is 0.489 e. The molecule has 62 heavy (non-hydrogen) atoms. The first kappa shape index (κ1) is 40.6. The number of carbonyl (C=O) groups excluding carboxylic acids is 1. The molecule has 0 N–H and O–H groups in total. The molecule has 310 valence electrons. The molecule has 1 unspecified atom stereocenters. The van der Waals surface area contributed by atoms with Crippen molar-refractivity contribution < 1.29 is 33.2 Å². The molecule has 0 bridgehead atoms. The number of thiazole rings is 1. The fraction of sp³-hybridized carbons (Fsp3) is 0.154. The molecule has 0 saturated heterocycles. The molecule has 1 aliphatic rings. The number of benzene rings is 7. The van der Waals surface area contributed by atoms with Gasteiger partial charge in [0.05, 0.1) is 21.0 Å². The second-order valence-electron chi connectivity index (χ2n) is 14.7. The summed E-state index contributed by atoms with van der Waals surface area (Å²) >= 11 is 3.12. The van der Waals surface area contributed by atoms with Gasteiger partial charge in [0, 0.05) is 24.6 Å². The maximum Gasteiger partial charge on any atom is 0.303 e. The molecule has 9 rings (SSSR count). The van der Waals surface area contributed by atoms with Gasteiger partial charge in [-0.3, -0.25) is 4.79 Å². The Morgan fingerprint density at radius 2 is 1.13 bits per heavy atom. The van der Waals surface area contributed by atoms with E-state index in [1.165, 1.54) is 18.7 Å². The first-order chi connectivity index (χ1) is 30.5. The average molecular weight is 858 g/mol. The van der Waals surface area contributed by atoms with Crippen LogP contribution in [0.1, 0.15) is 51.7 Å². The fourth-order valence-corrected chi connectivity index (χ4v) is 9.79. The first-order valence-electron chi connectivity index (χ1n) is 20.4. The van der Waals surface area contributed by atoms with Crippen molar-refractivity contribution in [2.45, 2.75) is 55.1 Å². The van der Waals surface area contributed by atoms with E-state index in [1.54, 1.807) is 11.3 Å². The normalized spacial score (nSPS) is 15.5. The summed E-state index contributed by atoms with van der Waals surface area (Å²) in [4.78, 5) is 18.2. The second-order valence-corrected chi connectivity index (χ2v) is 17.2. The van der Waals surface area contributed by atoms with E-state index < -0.39 is 23.4 Å². The van der Waals surface area contributed by atoms with Crippen molar-refractivity contribution in [1.82, 2.24) is 4.98 Å². The Hall–Kier alpha value is -6.75. The van der Waals surface area contributed by atoms with E-state index in [9.17, 15) is 4.79 Å². The Kier molecular flexibility index (Phi) is 12.7. The zero-order valence-electron chi connectivity index (χ0n) is 33.9. The maximum atomic E-state index is 13.2. The Morgan fingerprint density at radius 3 is 1.71 bits per heavy atom. The summed E-state index contributed by atoms with van der Waals surface area (Å²) in [5, 5.41) is -0.523. The minimum atomic E-state index is -0.828. The highest BCUT2D eigenvalue weighted by Gasteiger charge is 2.45. The van der Waals surface area contributed by atoms with Gasteiger partial charge in [0.1, 0.15) is 43.7 Å². The zero-order valence-corrected chi connectivity index (χ0v) is 35.6. The summed E-state index contributed by atoms with van der Waals surface area (Å²) in [7, 11) is 0. The maximum absolute atomic E-state index is 13.2. The van der Waals surface area contributed by atoms with E-state index in [0.717, 1.165) is 47.9 Å². The highest BCUT2D eigenvalue weighted by molar-refractivity contribution is 8.01. The van der Waals surface area contributed by atoms with Gasteiger partial charge in [-0.1, -0.05) is 151 Å². The minimum absolute atomic E-state index is 0.294. The van der Waals surface area contributed by atoms with Crippen LogP contribution in [0.2, 0.25) is 0 Å². The number of hydrogen-bond donors (Lipinski definition) is 0. The number of carbonyl (C=O) groups is 1. The molecule has 1 aliphatic heterocycles. The number of aromatic nitrogens is 1. The van der Waals surface area contributed by atoms with E-state index in [2.05, 4.69) is 6.07 Å². The van der Waals surface area contributed by atoms with Crippen molar-refractivity contribution in [1.29, 1.82) is 0 Å². The van der Waals surface area contributed by atoms with Crippen molar-refractivity contribution in [3.8, 4) is 28.7 Å². The molecule has 0 spiro atoms. The van der Waals surface area contributed by atoms with Gasteiger partial charge in [0.15, 0.2) is 28.0 Å². The Balaban J connectivity index is 1.15. The number of para-hydroxylation sites is 1. The van der Waals surface area contributed by atoms with E-state index >= 15 is 0 Å². The highest BCUT2D eigenvalue weighted by atomic mass is 32.2. The van der Waals surface area contributed by atoms with Crippen LogP contribution in [0.25, 0.3) is 10.2 Å². The van der Waals surface area contributed by atoms with E-state index in [1.807, 2.05) is 170 Å². The monoisotopic (exact) mass is 857 g/mol. The minimum Gasteiger partial charge on any atom is -0.489 e. The van der Waals surface area contributed by atoms with Crippen LogP contribution in [0.4, 0.5) is 0 Å². The first-order valence-corrected chi connectivity index (χ1v) is 22.1. The predicted molar refractivity (Wildman–Crippen MR) is 243 cm³/mol. The van der Waals surface area contributed by atoms with Crippen LogP contribution >= 0.6 is 23.1 Å². The molecule has 2 heterocycles. The molecule has 0 amide bonds. The Morgan fingerprint density at radius 1 is 0.597 bits per heavy atom. The van der Waals surface area contributed by atoms with Gasteiger partial charge < -0.3 is 28.4 Å². The lowest BCUT2D eigenvalue weighted by molar-refractivity contribution is -0.152. The van der Waals surface area contributed by atoms with Crippen molar-refractivity contribution in [2.75, 3.05) is 0 Å². The van der Waals surface area contributed by atoms with Gasteiger partial charge in [-0.25, -0.2) is 4.98 Å². The summed E-state index contributed by atoms with van der Waals surface area (Å²) in [5.41, 5.74) is 6.41. The number of hydrogen-bond acceptors (Lipinski definition) is 10. The lowest BCUT2D eigenvalue weighted by Crippen LogP contribution is -2.37. The third-order valence-corrected chi connectivity index (χ3v) is 12.7. The molecule has 1 aromatic heterocycles. The molecule has 7 aromatic carbocycles. The van der Waals surface area contributed by atoms with Crippen LogP contribution in [0.5, 0.6) is 28.7 Å². The smallest absolute Gasteiger partial charge is 0.303 e. The van der Waals surface area contributed by atoms with Crippen molar-refractivity contribution >= 4 is 39.3 Å². The number of ether oxygens (including phenoxy) is 6. The number of nitrogens with zero attached hydrogens (tertiary/aromatic N) is 1. The second kappa shape index (κ2) is 19.3. The zero-order chi connectivity index (χ0) is 42.1. The van der Waals surface area contributed by atoms with Crippen LogP contribution in [0.15, 0.2) is 180 Å². The lowest BCUT2D eigenvalue weighted by atomic mass is 9.92.